The minimum absolute atomic E-state index is 0.0557. The molecule has 0 bridgehead atoms. The number of nitrogens with one attached hydrogen (secondary N) is 1. The molecule has 0 heterocycles. The van der Waals surface area contributed by atoms with Crippen molar-refractivity contribution in [3.63, 3.8) is 0 Å². The smallest absolute Gasteiger partial charge is 0.220 e. The van der Waals surface area contributed by atoms with E-state index in [1.54, 1.807) is 63.4 Å². The van der Waals surface area contributed by atoms with Crippen molar-refractivity contribution in [3.8, 4) is 17.2 Å². The number of benzene rings is 2. The van der Waals surface area contributed by atoms with Crippen LogP contribution in [0, 0.1) is 5.41 Å². The molecule has 0 fully saturated rings. The number of methoxy groups -OCH3 is 1. The van der Waals surface area contributed by atoms with Crippen molar-refractivity contribution in [1.29, 1.82) is 0 Å². The Labute approximate surface area is 169 Å². The monoisotopic (exact) mass is 404 g/mol. The fourth-order valence-corrected chi connectivity index (χ4v) is 2.95. The number of carboxylic acid groups (broad SMARTS) is 1. The summed E-state index contributed by atoms with van der Waals surface area (Å²) in [6.07, 6.45) is -0.140. The van der Waals surface area contributed by atoms with Gasteiger partial charge < -0.3 is 24.7 Å². The van der Waals surface area contributed by atoms with Crippen LogP contribution in [0.1, 0.15) is 32.3 Å². The molecule has 0 aliphatic heterocycles. The lowest BCUT2D eigenvalue weighted by molar-refractivity contribution is -0.307. The summed E-state index contributed by atoms with van der Waals surface area (Å²) in [5.74, 6) is 0.378. The van der Waals surface area contributed by atoms with Gasteiger partial charge in [0.1, 0.15) is 17.2 Å². The van der Waals surface area contributed by atoms with Crippen molar-refractivity contribution in [2.75, 3.05) is 7.11 Å². The first kappa shape index (κ1) is 21.6. The first-order chi connectivity index (χ1) is 13.2. The normalized spacial score (nSPS) is 11.0. The second-order valence-electron chi connectivity index (χ2n) is 7.16. The van der Waals surface area contributed by atoms with E-state index in [9.17, 15) is 14.7 Å². The minimum atomic E-state index is -1.18. The Morgan fingerprint density at radius 1 is 1.07 bits per heavy atom. The Balaban J connectivity index is 2.06. The number of ether oxygens (including phenoxy) is 2. The number of carbonyl (C=O) groups is 2. The number of aliphatic carboxylic acids is 1. The molecule has 0 radical (unpaired) electrons. The SMILES string of the molecule is COc1ccc(Oc2cccc(Cl)c2CNC(=O)CC(C)(C)CC(=O)[O-])cc1. The Hall–Kier alpha value is -2.73. The standard InChI is InChI=1S/C21H24ClNO5/c1-21(2,12-20(25)26)11-19(24)23-13-16-17(22)5-4-6-18(16)28-15-9-7-14(27-3)8-10-15/h4-10H,11-13H2,1-3H3,(H,23,24)(H,25,26)/p-1. The number of carboxylic acids is 1. The molecule has 6 nitrogen and oxygen atoms in total. The van der Waals surface area contributed by atoms with Crippen LogP contribution >= 0.6 is 11.6 Å². The van der Waals surface area contributed by atoms with E-state index in [2.05, 4.69) is 5.32 Å². The summed E-state index contributed by atoms with van der Waals surface area (Å²) in [4.78, 5) is 23.0. The van der Waals surface area contributed by atoms with Gasteiger partial charge in [0.2, 0.25) is 5.91 Å². The topological polar surface area (TPSA) is 87.7 Å². The first-order valence-corrected chi connectivity index (χ1v) is 9.14. The fraction of sp³-hybridized carbons (Fsp3) is 0.333. The highest BCUT2D eigenvalue weighted by atomic mass is 35.5. The third-order valence-corrected chi connectivity index (χ3v) is 4.44. The number of hydrogen-bond acceptors (Lipinski definition) is 5. The molecule has 0 aromatic heterocycles. The Kier molecular flexibility index (Phi) is 7.29. The van der Waals surface area contributed by atoms with E-state index in [1.807, 2.05) is 0 Å². The molecule has 1 N–H and O–H groups in total. The van der Waals surface area contributed by atoms with Gasteiger partial charge in [0.15, 0.2) is 0 Å². The maximum atomic E-state index is 12.2. The Morgan fingerprint density at radius 3 is 2.32 bits per heavy atom. The predicted octanol–water partition coefficient (Wildman–Crippen LogP) is 3.31. The zero-order chi connectivity index (χ0) is 20.7. The highest BCUT2D eigenvalue weighted by Crippen LogP contribution is 2.31. The highest BCUT2D eigenvalue weighted by Gasteiger charge is 2.22. The molecular formula is C21H23ClNO5-. The number of halogens is 1. The van der Waals surface area contributed by atoms with Crippen LogP contribution in [0.2, 0.25) is 5.02 Å². The van der Waals surface area contributed by atoms with Gasteiger partial charge in [-0.2, -0.15) is 0 Å². The largest absolute Gasteiger partial charge is 0.550 e. The van der Waals surface area contributed by atoms with Crippen molar-refractivity contribution in [2.24, 2.45) is 5.41 Å². The average molecular weight is 405 g/mol. The van der Waals surface area contributed by atoms with Crippen LogP contribution in [-0.4, -0.2) is 19.0 Å². The first-order valence-electron chi connectivity index (χ1n) is 8.76. The van der Waals surface area contributed by atoms with E-state index < -0.39 is 11.4 Å². The van der Waals surface area contributed by atoms with Crippen molar-refractivity contribution in [1.82, 2.24) is 5.32 Å². The van der Waals surface area contributed by atoms with E-state index in [1.165, 1.54) is 0 Å². The van der Waals surface area contributed by atoms with Crippen molar-refractivity contribution < 1.29 is 24.2 Å². The van der Waals surface area contributed by atoms with Crippen molar-refractivity contribution in [3.05, 3.63) is 53.1 Å². The molecule has 2 aromatic rings. The Bertz CT molecular complexity index is 833. The third-order valence-electron chi connectivity index (χ3n) is 4.09. The maximum Gasteiger partial charge on any atom is 0.220 e. The summed E-state index contributed by atoms with van der Waals surface area (Å²) in [5, 5.41) is 14.0. The van der Waals surface area contributed by atoms with E-state index in [0.717, 1.165) is 0 Å². The second-order valence-corrected chi connectivity index (χ2v) is 7.57. The highest BCUT2D eigenvalue weighted by molar-refractivity contribution is 6.31. The summed E-state index contributed by atoms with van der Waals surface area (Å²) >= 11 is 6.29. The van der Waals surface area contributed by atoms with Crippen molar-refractivity contribution >= 4 is 23.5 Å². The van der Waals surface area contributed by atoms with Crippen LogP contribution in [-0.2, 0) is 16.1 Å². The lowest BCUT2D eigenvalue weighted by Gasteiger charge is -2.24. The van der Waals surface area contributed by atoms with Gasteiger partial charge in [-0.15, -0.1) is 0 Å². The Morgan fingerprint density at radius 2 is 1.71 bits per heavy atom. The summed E-state index contributed by atoms with van der Waals surface area (Å²) < 4.78 is 11.0. The van der Waals surface area contributed by atoms with E-state index in [0.29, 0.717) is 27.8 Å². The number of hydrogen-bond donors (Lipinski definition) is 1. The van der Waals surface area contributed by atoms with Gasteiger partial charge in [0, 0.05) is 29.5 Å². The second kappa shape index (κ2) is 9.46. The average Bonchev–Trinajstić information content (AvgIpc) is 2.60. The van der Waals surface area contributed by atoms with Crippen LogP contribution in [0.5, 0.6) is 17.2 Å². The molecular weight excluding hydrogens is 382 g/mol. The lowest BCUT2D eigenvalue weighted by Crippen LogP contribution is -2.33. The molecule has 1 amide bonds. The molecule has 7 heteroatoms. The summed E-state index contributed by atoms with van der Waals surface area (Å²) in [7, 11) is 1.59. The molecule has 0 aliphatic carbocycles. The van der Waals surface area contributed by atoms with Crippen LogP contribution in [0.4, 0.5) is 0 Å². The van der Waals surface area contributed by atoms with E-state index in [4.69, 9.17) is 21.1 Å². The summed E-state index contributed by atoms with van der Waals surface area (Å²) in [5.41, 5.74) is -0.0720. The molecule has 0 saturated heterocycles. The number of amides is 1. The molecule has 2 rings (SSSR count). The number of carbonyl (C=O) groups excluding carboxylic acids is 2. The molecule has 0 saturated carbocycles. The van der Waals surface area contributed by atoms with Gasteiger partial charge in [0.05, 0.1) is 7.11 Å². The van der Waals surface area contributed by atoms with Crippen molar-refractivity contribution in [2.45, 2.75) is 33.2 Å². The van der Waals surface area contributed by atoms with Crippen LogP contribution in [0.15, 0.2) is 42.5 Å². The molecule has 0 spiro atoms. The molecule has 0 aliphatic rings. The molecule has 0 atom stereocenters. The molecule has 150 valence electrons. The van der Waals surface area contributed by atoms with Gasteiger partial charge in [-0.25, -0.2) is 0 Å². The lowest BCUT2D eigenvalue weighted by atomic mass is 9.85. The van der Waals surface area contributed by atoms with Gasteiger partial charge in [-0.3, -0.25) is 4.79 Å². The van der Waals surface area contributed by atoms with Gasteiger partial charge in [-0.1, -0.05) is 31.5 Å². The van der Waals surface area contributed by atoms with E-state index in [-0.39, 0.29) is 25.3 Å². The third kappa shape index (κ3) is 6.46. The van der Waals surface area contributed by atoms with Crippen LogP contribution in [0.3, 0.4) is 0 Å². The fourth-order valence-electron chi connectivity index (χ4n) is 2.71. The van der Waals surface area contributed by atoms with Gasteiger partial charge >= 0.3 is 0 Å². The molecule has 28 heavy (non-hydrogen) atoms. The molecule has 2 aromatic carbocycles. The maximum absolute atomic E-state index is 12.2. The minimum Gasteiger partial charge on any atom is -0.550 e. The molecule has 0 unspecified atom stereocenters. The quantitative estimate of drug-likeness (QED) is 0.692. The summed E-state index contributed by atoms with van der Waals surface area (Å²) in [6, 6.07) is 12.3. The van der Waals surface area contributed by atoms with Gasteiger partial charge in [0.25, 0.3) is 0 Å². The van der Waals surface area contributed by atoms with Gasteiger partial charge in [-0.05, 0) is 48.2 Å². The zero-order valence-corrected chi connectivity index (χ0v) is 16.8. The summed E-state index contributed by atoms with van der Waals surface area (Å²) in [6.45, 7) is 3.57. The zero-order valence-electron chi connectivity index (χ0n) is 16.1. The van der Waals surface area contributed by atoms with Crippen LogP contribution in [0.25, 0.3) is 0 Å². The number of rotatable bonds is 9. The predicted molar refractivity (Wildman–Crippen MR) is 104 cm³/mol. The van der Waals surface area contributed by atoms with E-state index >= 15 is 0 Å². The van der Waals surface area contributed by atoms with Crippen LogP contribution < -0.4 is 19.9 Å².